The summed E-state index contributed by atoms with van der Waals surface area (Å²) in [6, 6.07) is 5.88. The molecule has 1 aromatic heterocycles. The van der Waals surface area contributed by atoms with Crippen LogP contribution in [0.5, 0.6) is 0 Å². The maximum Gasteiger partial charge on any atom is 0.405 e. The number of urea groups is 1. The first-order chi connectivity index (χ1) is 14.2. The summed E-state index contributed by atoms with van der Waals surface area (Å²) in [6.07, 6.45) is -2.52. The van der Waals surface area contributed by atoms with E-state index in [0.717, 1.165) is 37.7 Å². The molecule has 1 saturated heterocycles. The van der Waals surface area contributed by atoms with Gasteiger partial charge in [-0.2, -0.15) is 13.2 Å². The van der Waals surface area contributed by atoms with Crippen molar-refractivity contribution in [3.05, 3.63) is 29.3 Å². The van der Waals surface area contributed by atoms with Crippen LogP contribution in [0.25, 0.3) is 5.69 Å². The van der Waals surface area contributed by atoms with Crippen molar-refractivity contribution in [2.45, 2.75) is 24.2 Å². The Balaban J connectivity index is 1.71. The average molecular weight is 463 g/mol. The molecule has 2 N–H and O–H groups in total. The maximum atomic E-state index is 12.1. The van der Waals surface area contributed by atoms with Gasteiger partial charge in [0, 0.05) is 13.1 Å². The molecule has 30 heavy (non-hydrogen) atoms. The summed E-state index contributed by atoms with van der Waals surface area (Å²) < 4.78 is 38.1. The van der Waals surface area contributed by atoms with Crippen LogP contribution >= 0.6 is 23.4 Å². The van der Waals surface area contributed by atoms with E-state index in [0.29, 0.717) is 21.8 Å². The molecule has 0 unspecified atom stereocenters. The van der Waals surface area contributed by atoms with E-state index in [1.807, 2.05) is 5.32 Å². The summed E-state index contributed by atoms with van der Waals surface area (Å²) in [5.41, 5.74) is 0.636. The third-order valence-electron chi connectivity index (χ3n) is 4.13. The Bertz CT molecular complexity index is 917. The highest BCUT2D eigenvalue weighted by Crippen LogP contribution is 2.31. The molecular weight excluding hydrogens is 445 g/mol. The first-order valence-corrected chi connectivity index (χ1v) is 10.3. The van der Waals surface area contributed by atoms with Crippen LogP contribution in [0.2, 0.25) is 5.02 Å². The molecule has 0 saturated carbocycles. The fraction of sp³-hybridized carbons (Fsp3) is 0.412. The number of amides is 3. The molecule has 0 radical (unpaired) electrons. The molecule has 2 aromatic rings. The first kappa shape index (κ1) is 22.2. The molecular formula is C17H18ClF3N6O2S. The number of alkyl halides is 3. The number of nitrogens with zero attached hydrogens (tertiary/aromatic N) is 4. The second-order valence-corrected chi connectivity index (χ2v) is 7.75. The summed E-state index contributed by atoms with van der Waals surface area (Å²) in [5, 5.41) is 12.6. The molecule has 0 spiro atoms. The van der Waals surface area contributed by atoms with Crippen LogP contribution in [-0.4, -0.2) is 58.3 Å². The van der Waals surface area contributed by atoms with Crippen molar-refractivity contribution in [3.63, 3.8) is 0 Å². The standard InChI is InChI=1S/C17H18ClF3N6O2S/c18-11-5-1-2-6-12(11)27-15(26-7-3-4-8-26)24-25-16(27)30-9-13(28)23-14(29)22-10-17(19,20)21/h1-2,5-6H,3-4,7-10H2,(H2,22,23,28,29). The van der Waals surface area contributed by atoms with Crippen molar-refractivity contribution in [2.75, 3.05) is 30.3 Å². The smallest absolute Gasteiger partial charge is 0.341 e. The number of hydrogen-bond donors (Lipinski definition) is 2. The van der Waals surface area contributed by atoms with Gasteiger partial charge in [-0.1, -0.05) is 35.5 Å². The molecule has 1 fully saturated rings. The number of nitrogens with one attached hydrogen (secondary N) is 2. The lowest BCUT2D eigenvalue weighted by atomic mass is 10.3. The summed E-state index contributed by atoms with van der Waals surface area (Å²) in [5.74, 6) is -0.426. The van der Waals surface area contributed by atoms with Crippen LogP contribution in [0.1, 0.15) is 12.8 Å². The number of carbonyl (C=O) groups excluding carboxylic acids is 2. The highest BCUT2D eigenvalue weighted by atomic mass is 35.5. The van der Waals surface area contributed by atoms with Gasteiger partial charge < -0.3 is 10.2 Å². The van der Waals surface area contributed by atoms with E-state index < -0.39 is 24.7 Å². The summed E-state index contributed by atoms with van der Waals surface area (Å²) in [6.45, 7) is 0.0967. The quantitative estimate of drug-likeness (QED) is 0.641. The molecule has 1 aliphatic rings. The van der Waals surface area contributed by atoms with E-state index in [1.54, 1.807) is 34.1 Å². The van der Waals surface area contributed by atoms with Gasteiger partial charge in [-0.25, -0.2) is 4.79 Å². The molecule has 0 atom stereocenters. The van der Waals surface area contributed by atoms with Gasteiger partial charge in [0.1, 0.15) is 6.54 Å². The molecule has 0 aliphatic carbocycles. The molecule has 1 aromatic carbocycles. The third kappa shape index (κ3) is 5.79. The fourth-order valence-corrected chi connectivity index (χ4v) is 3.80. The van der Waals surface area contributed by atoms with E-state index in [4.69, 9.17) is 11.6 Å². The van der Waals surface area contributed by atoms with Crippen molar-refractivity contribution in [1.82, 2.24) is 25.4 Å². The zero-order chi connectivity index (χ0) is 21.7. The van der Waals surface area contributed by atoms with Gasteiger partial charge in [0.2, 0.25) is 11.9 Å². The number of thioether (sulfide) groups is 1. The van der Waals surface area contributed by atoms with Gasteiger partial charge in [-0.15, -0.1) is 10.2 Å². The van der Waals surface area contributed by atoms with Crippen LogP contribution in [0.3, 0.4) is 0 Å². The van der Waals surface area contributed by atoms with Crippen molar-refractivity contribution in [2.24, 2.45) is 0 Å². The first-order valence-electron chi connectivity index (χ1n) is 8.97. The van der Waals surface area contributed by atoms with Crippen LogP contribution in [0, 0.1) is 0 Å². The largest absolute Gasteiger partial charge is 0.405 e. The molecule has 162 valence electrons. The van der Waals surface area contributed by atoms with Crippen molar-refractivity contribution < 1.29 is 22.8 Å². The minimum Gasteiger partial charge on any atom is -0.341 e. The SMILES string of the molecule is O=C(CSc1nnc(N2CCCC2)n1-c1ccccc1Cl)NC(=O)NCC(F)(F)F. The minimum atomic E-state index is -4.56. The minimum absolute atomic E-state index is 0.248. The molecule has 8 nitrogen and oxygen atoms in total. The lowest BCUT2D eigenvalue weighted by Crippen LogP contribution is -2.43. The van der Waals surface area contributed by atoms with Crippen LogP contribution < -0.4 is 15.5 Å². The number of carbonyl (C=O) groups is 2. The number of anilines is 1. The number of aromatic nitrogens is 3. The van der Waals surface area contributed by atoms with Gasteiger partial charge in [-0.05, 0) is 25.0 Å². The number of benzene rings is 1. The van der Waals surface area contributed by atoms with Gasteiger partial charge >= 0.3 is 12.2 Å². The second-order valence-electron chi connectivity index (χ2n) is 6.40. The summed E-state index contributed by atoms with van der Waals surface area (Å²) >= 11 is 7.33. The van der Waals surface area contributed by atoms with Crippen LogP contribution in [0.4, 0.5) is 23.9 Å². The number of rotatable bonds is 6. The van der Waals surface area contributed by atoms with Crippen molar-refractivity contribution >= 4 is 41.2 Å². The number of imide groups is 1. The Morgan fingerprint density at radius 2 is 1.87 bits per heavy atom. The van der Waals surface area contributed by atoms with Crippen LogP contribution in [-0.2, 0) is 4.79 Å². The molecule has 1 aliphatic heterocycles. The Labute approximate surface area is 179 Å². The van der Waals surface area contributed by atoms with E-state index in [9.17, 15) is 22.8 Å². The predicted molar refractivity (Wildman–Crippen MR) is 106 cm³/mol. The normalized spacial score (nSPS) is 14.1. The monoisotopic (exact) mass is 462 g/mol. The third-order valence-corrected chi connectivity index (χ3v) is 5.38. The molecule has 13 heteroatoms. The Morgan fingerprint density at radius 1 is 1.17 bits per heavy atom. The van der Waals surface area contributed by atoms with Crippen molar-refractivity contribution in [3.8, 4) is 5.69 Å². The lowest BCUT2D eigenvalue weighted by Gasteiger charge is -2.19. The number of para-hydroxylation sites is 1. The average Bonchev–Trinajstić information content (AvgIpc) is 3.34. The zero-order valence-corrected chi connectivity index (χ0v) is 17.1. The van der Waals surface area contributed by atoms with Gasteiger partial charge in [0.05, 0.1) is 16.5 Å². The second kappa shape index (κ2) is 9.56. The zero-order valence-electron chi connectivity index (χ0n) is 15.6. The predicted octanol–water partition coefficient (Wildman–Crippen LogP) is 3.00. The van der Waals surface area contributed by atoms with Gasteiger partial charge in [-0.3, -0.25) is 14.7 Å². The Kier molecular flexibility index (Phi) is 7.08. The van der Waals surface area contributed by atoms with Gasteiger partial charge in [0.25, 0.3) is 0 Å². The fourth-order valence-electron chi connectivity index (χ4n) is 2.84. The highest BCUT2D eigenvalue weighted by molar-refractivity contribution is 7.99. The Hall–Kier alpha value is -2.47. The van der Waals surface area contributed by atoms with Gasteiger partial charge in [0.15, 0.2) is 5.16 Å². The molecule has 3 rings (SSSR count). The van der Waals surface area contributed by atoms with E-state index in [1.165, 1.54) is 0 Å². The Morgan fingerprint density at radius 3 is 2.53 bits per heavy atom. The van der Waals surface area contributed by atoms with E-state index in [-0.39, 0.29) is 5.75 Å². The van der Waals surface area contributed by atoms with E-state index >= 15 is 0 Å². The van der Waals surface area contributed by atoms with E-state index in [2.05, 4.69) is 15.1 Å². The number of halogens is 4. The molecule has 0 bridgehead atoms. The molecule has 3 amide bonds. The van der Waals surface area contributed by atoms with Crippen LogP contribution in [0.15, 0.2) is 29.4 Å². The highest BCUT2D eigenvalue weighted by Gasteiger charge is 2.28. The summed E-state index contributed by atoms with van der Waals surface area (Å²) in [4.78, 5) is 25.4. The number of hydrogen-bond acceptors (Lipinski definition) is 6. The topological polar surface area (TPSA) is 92.2 Å². The summed E-state index contributed by atoms with van der Waals surface area (Å²) in [7, 11) is 0. The maximum absolute atomic E-state index is 12.1. The van der Waals surface area contributed by atoms with Crippen molar-refractivity contribution in [1.29, 1.82) is 0 Å². The molecule has 2 heterocycles. The lowest BCUT2D eigenvalue weighted by molar-refractivity contribution is -0.124.